The number of rotatable bonds is 5. The maximum Gasteiger partial charge on any atom is 0.288 e. The first-order chi connectivity index (χ1) is 13.8. The standard InChI is InChI=1S/C20H18BrClN4O2S/c1-12(2)23-20-25(19(11-29-20)14-4-7-16(21)8-5-14)24-13(3)15-6-9-17(22)18(10-15)26(27)28/h4-12H,1-3H3. The minimum Gasteiger partial charge on any atom is -0.258 e. The predicted octanol–water partition coefficient (Wildman–Crippen LogP) is 6.12. The highest BCUT2D eigenvalue weighted by Gasteiger charge is 2.15. The molecule has 0 amide bonds. The Labute approximate surface area is 185 Å². The largest absolute Gasteiger partial charge is 0.288 e. The van der Waals surface area contributed by atoms with Crippen LogP contribution in [-0.2, 0) is 0 Å². The Balaban J connectivity index is 2.16. The molecule has 29 heavy (non-hydrogen) atoms. The summed E-state index contributed by atoms with van der Waals surface area (Å²) in [6, 6.07) is 12.7. The van der Waals surface area contributed by atoms with Gasteiger partial charge in [-0.15, -0.1) is 11.3 Å². The van der Waals surface area contributed by atoms with Gasteiger partial charge in [-0.05, 0) is 39.0 Å². The Kier molecular flexibility index (Phi) is 6.66. The molecule has 0 aliphatic heterocycles. The van der Waals surface area contributed by atoms with Gasteiger partial charge in [0.15, 0.2) is 0 Å². The number of hydrogen-bond acceptors (Lipinski definition) is 5. The van der Waals surface area contributed by atoms with Gasteiger partial charge in [-0.25, -0.2) is 4.68 Å². The lowest BCUT2D eigenvalue weighted by molar-refractivity contribution is -0.384. The van der Waals surface area contributed by atoms with Crippen LogP contribution in [0.2, 0.25) is 5.02 Å². The van der Waals surface area contributed by atoms with Crippen LogP contribution in [0.3, 0.4) is 0 Å². The zero-order valence-electron chi connectivity index (χ0n) is 16.0. The molecule has 0 N–H and O–H groups in total. The number of halogens is 2. The first-order valence-corrected chi connectivity index (χ1v) is 10.8. The Morgan fingerprint density at radius 2 is 1.93 bits per heavy atom. The van der Waals surface area contributed by atoms with E-state index in [1.165, 1.54) is 23.5 Å². The van der Waals surface area contributed by atoms with Crippen LogP contribution >= 0.6 is 38.9 Å². The number of benzene rings is 2. The molecule has 0 unspecified atom stereocenters. The van der Waals surface area contributed by atoms with Crippen molar-refractivity contribution in [2.75, 3.05) is 0 Å². The van der Waals surface area contributed by atoms with Crippen molar-refractivity contribution in [3.8, 4) is 11.3 Å². The fourth-order valence-corrected chi connectivity index (χ4v) is 4.02. The van der Waals surface area contributed by atoms with E-state index >= 15 is 0 Å². The Bertz CT molecular complexity index is 1150. The van der Waals surface area contributed by atoms with Crippen molar-refractivity contribution in [2.24, 2.45) is 10.1 Å². The maximum atomic E-state index is 11.2. The highest BCUT2D eigenvalue weighted by Crippen LogP contribution is 2.26. The van der Waals surface area contributed by atoms with E-state index in [4.69, 9.17) is 16.7 Å². The summed E-state index contributed by atoms with van der Waals surface area (Å²) in [7, 11) is 0. The molecule has 150 valence electrons. The molecule has 3 rings (SSSR count). The summed E-state index contributed by atoms with van der Waals surface area (Å²) in [5, 5.41) is 18.1. The third-order valence-electron chi connectivity index (χ3n) is 4.00. The number of nitro benzene ring substituents is 1. The third-order valence-corrected chi connectivity index (χ3v) is 5.68. The topological polar surface area (TPSA) is 72.8 Å². The SMILES string of the molecule is CC(=Nn1c(-c2ccc(Br)cc2)csc1=NC(C)C)c1ccc(Cl)c([N+](=O)[O-])c1. The van der Waals surface area contributed by atoms with Crippen LogP contribution in [0, 0.1) is 10.1 Å². The van der Waals surface area contributed by atoms with Gasteiger partial charge < -0.3 is 0 Å². The molecule has 0 saturated carbocycles. The van der Waals surface area contributed by atoms with E-state index in [-0.39, 0.29) is 16.8 Å². The average molecular weight is 494 g/mol. The van der Waals surface area contributed by atoms with Crippen LogP contribution < -0.4 is 4.80 Å². The van der Waals surface area contributed by atoms with Gasteiger partial charge in [0.05, 0.1) is 16.3 Å². The van der Waals surface area contributed by atoms with Gasteiger partial charge in [0.1, 0.15) is 5.02 Å². The lowest BCUT2D eigenvalue weighted by atomic mass is 10.1. The molecular weight excluding hydrogens is 476 g/mol. The van der Waals surface area contributed by atoms with Crippen molar-refractivity contribution in [3.05, 3.63) is 77.8 Å². The van der Waals surface area contributed by atoms with Crippen molar-refractivity contribution in [2.45, 2.75) is 26.8 Å². The summed E-state index contributed by atoms with van der Waals surface area (Å²) < 4.78 is 2.77. The highest BCUT2D eigenvalue weighted by atomic mass is 79.9. The molecule has 0 saturated heterocycles. The van der Waals surface area contributed by atoms with Crippen LogP contribution in [0.25, 0.3) is 11.3 Å². The summed E-state index contributed by atoms with van der Waals surface area (Å²) in [5.74, 6) is 0. The quantitative estimate of drug-likeness (QED) is 0.244. The van der Waals surface area contributed by atoms with Crippen molar-refractivity contribution < 1.29 is 4.92 Å². The summed E-state index contributed by atoms with van der Waals surface area (Å²) in [5.41, 5.74) is 2.98. The second kappa shape index (κ2) is 9.02. The normalized spacial score (nSPS) is 12.6. The minimum atomic E-state index is -0.496. The Morgan fingerprint density at radius 1 is 1.24 bits per heavy atom. The third kappa shape index (κ3) is 5.01. The fraction of sp³-hybridized carbons (Fsp3) is 0.200. The van der Waals surface area contributed by atoms with Gasteiger partial charge in [-0.2, -0.15) is 5.10 Å². The predicted molar refractivity (Wildman–Crippen MR) is 122 cm³/mol. The second-order valence-electron chi connectivity index (χ2n) is 6.55. The van der Waals surface area contributed by atoms with E-state index in [1.54, 1.807) is 10.7 Å². The molecule has 9 heteroatoms. The summed E-state index contributed by atoms with van der Waals surface area (Å²) in [6.07, 6.45) is 0. The fourth-order valence-electron chi connectivity index (χ4n) is 2.61. The van der Waals surface area contributed by atoms with Crippen molar-refractivity contribution in [1.29, 1.82) is 0 Å². The first-order valence-electron chi connectivity index (χ1n) is 8.76. The number of nitrogens with zero attached hydrogens (tertiary/aromatic N) is 4. The zero-order valence-corrected chi connectivity index (χ0v) is 19.1. The van der Waals surface area contributed by atoms with Crippen LogP contribution in [-0.4, -0.2) is 21.4 Å². The molecule has 1 aromatic heterocycles. The van der Waals surface area contributed by atoms with Gasteiger partial charge in [0.2, 0.25) is 4.80 Å². The van der Waals surface area contributed by atoms with Crippen LogP contribution in [0.15, 0.2) is 62.4 Å². The van der Waals surface area contributed by atoms with Gasteiger partial charge in [0, 0.05) is 33.1 Å². The highest BCUT2D eigenvalue weighted by molar-refractivity contribution is 9.10. The summed E-state index contributed by atoms with van der Waals surface area (Å²) in [4.78, 5) is 16.1. The molecule has 0 radical (unpaired) electrons. The molecule has 0 bridgehead atoms. The number of nitro groups is 1. The lowest BCUT2D eigenvalue weighted by Gasteiger charge is -2.07. The molecule has 0 fully saturated rings. The molecule has 2 aromatic carbocycles. The summed E-state index contributed by atoms with van der Waals surface area (Å²) >= 11 is 10.9. The zero-order chi connectivity index (χ0) is 21.1. The number of hydrogen-bond donors (Lipinski definition) is 0. The van der Waals surface area contributed by atoms with Crippen molar-refractivity contribution >= 4 is 50.3 Å². The average Bonchev–Trinajstić information content (AvgIpc) is 3.04. The summed E-state index contributed by atoms with van der Waals surface area (Å²) in [6.45, 7) is 5.81. The van der Waals surface area contributed by atoms with Crippen molar-refractivity contribution in [3.63, 3.8) is 0 Å². The smallest absolute Gasteiger partial charge is 0.258 e. The minimum absolute atomic E-state index is 0.0979. The molecule has 0 spiro atoms. The molecule has 0 atom stereocenters. The van der Waals surface area contributed by atoms with E-state index in [0.717, 1.165) is 20.5 Å². The maximum absolute atomic E-state index is 11.2. The van der Waals surface area contributed by atoms with Gasteiger partial charge >= 0.3 is 0 Å². The van der Waals surface area contributed by atoms with E-state index in [0.29, 0.717) is 11.3 Å². The molecule has 6 nitrogen and oxygen atoms in total. The Hall–Kier alpha value is -2.29. The second-order valence-corrected chi connectivity index (χ2v) is 8.71. The Morgan fingerprint density at radius 3 is 2.55 bits per heavy atom. The van der Waals surface area contributed by atoms with E-state index in [9.17, 15) is 10.1 Å². The van der Waals surface area contributed by atoms with Gasteiger partial charge in [-0.3, -0.25) is 15.1 Å². The van der Waals surface area contributed by atoms with Crippen LogP contribution in [0.5, 0.6) is 0 Å². The molecule has 0 aliphatic carbocycles. The van der Waals surface area contributed by atoms with Crippen LogP contribution in [0.4, 0.5) is 5.69 Å². The van der Waals surface area contributed by atoms with E-state index in [2.05, 4.69) is 20.9 Å². The van der Waals surface area contributed by atoms with Crippen LogP contribution in [0.1, 0.15) is 26.3 Å². The lowest BCUT2D eigenvalue weighted by Crippen LogP contribution is -2.16. The van der Waals surface area contributed by atoms with Gasteiger partial charge in [-0.1, -0.05) is 45.7 Å². The van der Waals surface area contributed by atoms with E-state index < -0.39 is 4.92 Å². The molecule has 1 heterocycles. The molecule has 0 aliphatic rings. The van der Waals surface area contributed by atoms with Crippen molar-refractivity contribution in [1.82, 2.24) is 4.68 Å². The van der Waals surface area contributed by atoms with Gasteiger partial charge in [0.25, 0.3) is 5.69 Å². The first kappa shape index (κ1) is 21.4. The van der Waals surface area contributed by atoms with E-state index in [1.807, 2.05) is 50.4 Å². The number of aromatic nitrogens is 1. The monoisotopic (exact) mass is 492 g/mol. The molecular formula is C20H18BrClN4O2S. The molecule has 3 aromatic rings. The number of thiazole rings is 1.